The van der Waals surface area contributed by atoms with Crippen LogP contribution in [-0.2, 0) is 6.42 Å². The number of aromatic nitrogens is 2. The lowest BCUT2D eigenvalue weighted by molar-refractivity contribution is 0.748. The van der Waals surface area contributed by atoms with Crippen LogP contribution in [0.5, 0.6) is 0 Å². The molecule has 3 nitrogen and oxygen atoms in total. The third kappa shape index (κ3) is 3.15. The molecular weight excluding hydrogens is 373 g/mol. The van der Waals surface area contributed by atoms with Crippen molar-refractivity contribution in [2.24, 2.45) is 5.73 Å². The van der Waals surface area contributed by atoms with Gasteiger partial charge < -0.3 is 10.7 Å². The molecule has 0 radical (unpaired) electrons. The first-order valence-electron chi connectivity index (χ1n) is 8.23. The molecule has 0 unspecified atom stereocenters. The van der Waals surface area contributed by atoms with Gasteiger partial charge in [-0.05, 0) is 55.6 Å². The summed E-state index contributed by atoms with van der Waals surface area (Å²) < 4.78 is 1.17. The highest BCUT2D eigenvalue weighted by Crippen LogP contribution is 2.39. The van der Waals surface area contributed by atoms with Gasteiger partial charge in [-0.15, -0.1) is 11.3 Å². The molecule has 0 bridgehead atoms. The van der Waals surface area contributed by atoms with Gasteiger partial charge in [-0.3, -0.25) is 0 Å². The van der Waals surface area contributed by atoms with E-state index in [0.29, 0.717) is 16.6 Å². The molecule has 4 aromatic rings. The molecule has 3 N–H and O–H groups in total. The van der Waals surface area contributed by atoms with Crippen LogP contribution in [0.15, 0.2) is 36.4 Å². The van der Waals surface area contributed by atoms with Crippen molar-refractivity contribution in [2.75, 3.05) is 6.54 Å². The zero-order valence-corrected chi connectivity index (χ0v) is 15.8. The van der Waals surface area contributed by atoms with E-state index >= 15 is 0 Å². The van der Waals surface area contributed by atoms with E-state index in [1.807, 2.05) is 24.3 Å². The first-order chi connectivity index (χ1) is 12.2. The number of nitrogens with zero attached hydrogens (tertiary/aromatic N) is 1. The molecule has 2 aromatic carbocycles. The van der Waals surface area contributed by atoms with Crippen LogP contribution in [0.1, 0.15) is 18.4 Å². The van der Waals surface area contributed by atoms with Crippen LogP contribution in [0, 0.1) is 0 Å². The van der Waals surface area contributed by atoms with E-state index in [4.69, 9.17) is 33.9 Å². The number of aromatic amines is 1. The molecule has 2 heterocycles. The van der Waals surface area contributed by atoms with Crippen molar-refractivity contribution in [3.63, 3.8) is 0 Å². The molecule has 0 aliphatic rings. The van der Waals surface area contributed by atoms with Crippen LogP contribution >= 0.6 is 34.5 Å². The summed E-state index contributed by atoms with van der Waals surface area (Å²) in [5.74, 6) is 0. The van der Waals surface area contributed by atoms with E-state index in [0.717, 1.165) is 46.4 Å². The van der Waals surface area contributed by atoms with Crippen molar-refractivity contribution in [1.29, 1.82) is 0 Å². The maximum absolute atomic E-state index is 6.42. The lowest BCUT2D eigenvalue weighted by Crippen LogP contribution is -1.99. The summed E-state index contributed by atoms with van der Waals surface area (Å²) in [7, 11) is 0. The van der Waals surface area contributed by atoms with Gasteiger partial charge >= 0.3 is 0 Å². The largest absolute Gasteiger partial charge is 0.351 e. The molecule has 0 aliphatic carbocycles. The van der Waals surface area contributed by atoms with Crippen molar-refractivity contribution in [3.8, 4) is 10.7 Å². The molecule has 0 spiro atoms. The molecule has 4 rings (SSSR count). The van der Waals surface area contributed by atoms with E-state index in [1.54, 1.807) is 17.4 Å². The Kier molecular flexibility index (Phi) is 4.69. The first-order valence-corrected chi connectivity index (χ1v) is 9.80. The smallest absolute Gasteiger partial charge is 0.141 e. The van der Waals surface area contributed by atoms with Crippen LogP contribution in [-0.4, -0.2) is 16.5 Å². The number of hydrogen-bond acceptors (Lipinski definition) is 3. The number of rotatable bonds is 5. The van der Waals surface area contributed by atoms with Crippen molar-refractivity contribution in [2.45, 2.75) is 19.3 Å². The SMILES string of the molecule is NCCCCc1c(-c2nc3ccccc3s2)[nH]c2c(Cl)cc(Cl)cc12. The Morgan fingerprint density at radius 3 is 2.76 bits per heavy atom. The number of thiazole rings is 1. The molecule has 25 heavy (non-hydrogen) atoms. The van der Waals surface area contributed by atoms with Gasteiger partial charge in [0, 0.05) is 10.4 Å². The summed E-state index contributed by atoms with van der Waals surface area (Å²) in [6.07, 6.45) is 2.92. The van der Waals surface area contributed by atoms with Crippen LogP contribution in [0.25, 0.3) is 31.8 Å². The molecule has 6 heteroatoms. The standard InChI is InChI=1S/C19H17Cl2N3S/c20-11-9-13-12(5-3-4-8-22)18(24-17(13)14(21)10-11)19-23-15-6-1-2-7-16(15)25-19/h1-2,6-7,9-10,24H,3-5,8,22H2. The van der Waals surface area contributed by atoms with Gasteiger partial charge in [0.2, 0.25) is 0 Å². The predicted octanol–water partition coefficient (Wildman–Crippen LogP) is 6.03. The fraction of sp³-hybridized carbons (Fsp3) is 0.211. The van der Waals surface area contributed by atoms with Gasteiger partial charge in [-0.1, -0.05) is 35.3 Å². The molecular formula is C19H17Cl2N3S. The Labute approximate surface area is 159 Å². The minimum atomic E-state index is 0.634. The fourth-order valence-electron chi connectivity index (χ4n) is 3.14. The van der Waals surface area contributed by atoms with E-state index in [1.165, 1.54) is 10.3 Å². The predicted molar refractivity (Wildman–Crippen MR) is 109 cm³/mol. The van der Waals surface area contributed by atoms with Crippen molar-refractivity contribution in [1.82, 2.24) is 9.97 Å². The van der Waals surface area contributed by atoms with Crippen molar-refractivity contribution in [3.05, 3.63) is 52.0 Å². The number of hydrogen-bond donors (Lipinski definition) is 2. The van der Waals surface area contributed by atoms with Gasteiger partial charge in [0.15, 0.2) is 0 Å². The average molecular weight is 390 g/mol. The van der Waals surface area contributed by atoms with Crippen molar-refractivity contribution < 1.29 is 0 Å². The monoisotopic (exact) mass is 389 g/mol. The number of aryl methyl sites for hydroxylation is 1. The summed E-state index contributed by atoms with van der Waals surface area (Å²) in [5.41, 5.74) is 9.85. The molecule has 0 amide bonds. The number of nitrogens with two attached hydrogens (primary N) is 1. The number of unbranched alkanes of at least 4 members (excludes halogenated alkanes) is 1. The molecule has 0 fully saturated rings. The summed E-state index contributed by atoms with van der Waals surface area (Å²) in [6, 6.07) is 11.9. The lowest BCUT2D eigenvalue weighted by Gasteiger charge is -2.03. The molecule has 128 valence electrons. The Morgan fingerprint density at radius 1 is 1.12 bits per heavy atom. The maximum Gasteiger partial charge on any atom is 0.141 e. The normalized spacial score (nSPS) is 11.6. The quantitative estimate of drug-likeness (QED) is 0.409. The molecule has 0 saturated heterocycles. The number of nitrogens with one attached hydrogen (secondary N) is 1. The Morgan fingerprint density at radius 2 is 1.96 bits per heavy atom. The number of fused-ring (bicyclic) bond motifs is 2. The van der Waals surface area contributed by atoms with Gasteiger partial charge in [0.25, 0.3) is 0 Å². The van der Waals surface area contributed by atoms with E-state index in [-0.39, 0.29) is 0 Å². The second kappa shape index (κ2) is 6.96. The lowest BCUT2D eigenvalue weighted by atomic mass is 10.0. The van der Waals surface area contributed by atoms with Gasteiger partial charge in [0.05, 0.1) is 26.4 Å². The average Bonchev–Trinajstić information content (AvgIpc) is 3.17. The minimum Gasteiger partial charge on any atom is -0.351 e. The van der Waals surface area contributed by atoms with Gasteiger partial charge in [0.1, 0.15) is 5.01 Å². The number of benzene rings is 2. The third-order valence-electron chi connectivity index (χ3n) is 4.32. The zero-order chi connectivity index (χ0) is 17.4. The highest BCUT2D eigenvalue weighted by Gasteiger charge is 2.18. The van der Waals surface area contributed by atoms with E-state index in [9.17, 15) is 0 Å². The van der Waals surface area contributed by atoms with E-state index in [2.05, 4.69) is 11.1 Å². The minimum absolute atomic E-state index is 0.634. The summed E-state index contributed by atoms with van der Waals surface area (Å²) >= 11 is 14.4. The molecule has 2 aromatic heterocycles. The zero-order valence-electron chi connectivity index (χ0n) is 13.5. The summed E-state index contributed by atoms with van der Waals surface area (Å²) in [4.78, 5) is 8.30. The highest BCUT2D eigenvalue weighted by atomic mass is 35.5. The molecule has 0 aliphatic heterocycles. The molecule has 0 atom stereocenters. The van der Waals surface area contributed by atoms with Crippen LogP contribution in [0.3, 0.4) is 0 Å². The van der Waals surface area contributed by atoms with Gasteiger partial charge in [-0.25, -0.2) is 4.98 Å². The van der Waals surface area contributed by atoms with Gasteiger partial charge in [-0.2, -0.15) is 0 Å². The summed E-state index contributed by atoms with van der Waals surface area (Å²) in [5, 5.41) is 3.33. The number of para-hydroxylation sites is 1. The number of H-pyrrole nitrogens is 1. The Hall–Kier alpha value is -1.59. The van der Waals surface area contributed by atoms with Crippen LogP contribution in [0.4, 0.5) is 0 Å². The van der Waals surface area contributed by atoms with Crippen molar-refractivity contribution >= 4 is 55.7 Å². The first kappa shape index (κ1) is 16.9. The fourth-order valence-corrected chi connectivity index (χ4v) is 4.68. The highest BCUT2D eigenvalue weighted by molar-refractivity contribution is 7.21. The topological polar surface area (TPSA) is 54.7 Å². The van der Waals surface area contributed by atoms with Crippen LogP contribution < -0.4 is 5.73 Å². The number of halogens is 2. The Balaban J connectivity index is 1.91. The molecule has 0 saturated carbocycles. The van der Waals surface area contributed by atoms with Crippen LogP contribution in [0.2, 0.25) is 10.0 Å². The Bertz CT molecular complexity index is 1020. The maximum atomic E-state index is 6.42. The summed E-state index contributed by atoms with van der Waals surface area (Å²) in [6.45, 7) is 0.695. The second-order valence-corrected chi connectivity index (χ2v) is 7.90. The third-order valence-corrected chi connectivity index (χ3v) is 5.89. The van der Waals surface area contributed by atoms with E-state index < -0.39 is 0 Å². The second-order valence-electron chi connectivity index (χ2n) is 6.02.